The molecular weight excluding hydrogens is 262 g/mol. The number of carbonyl (C=O) groups is 1. The van der Waals surface area contributed by atoms with E-state index in [1.807, 2.05) is 18.4 Å². The van der Waals surface area contributed by atoms with Crippen molar-refractivity contribution in [1.29, 1.82) is 0 Å². The van der Waals surface area contributed by atoms with Crippen LogP contribution in [0, 0.1) is 0 Å². The summed E-state index contributed by atoms with van der Waals surface area (Å²) in [4.78, 5) is 14.7. The third kappa shape index (κ3) is 6.09. The zero-order chi connectivity index (χ0) is 14.1. The molecule has 5 heteroatoms. The minimum Gasteiger partial charge on any atom is -0.382 e. The Labute approximate surface area is 119 Å². The molecule has 0 atom stereocenters. The first-order chi connectivity index (χ1) is 9.17. The fourth-order valence-corrected chi connectivity index (χ4v) is 1.91. The molecule has 4 nitrogen and oxygen atoms in total. The molecule has 0 unspecified atom stereocenters. The number of hydrogen-bond acceptors (Lipinski definition) is 4. The van der Waals surface area contributed by atoms with Crippen molar-refractivity contribution in [2.45, 2.75) is 11.4 Å². The molecule has 0 aliphatic carbocycles. The van der Waals surface area contributed by atoms with Crippen molar-refractivity contribution < 1.29 is 14.3 Å². The highest BCUT2D eigenvalue weighted by molar-refractivity contribution is 7.98. The van der Waals surface area contributed by atoms with Crippen LogP contribution < -0.4 is 0 Å². The third-order valence-electron chi connectivity index (χ3n) is 2.66. The Bertz CT molecular complexity index is 381. The van der Waals surface area contributed by atoms with Crippen LogP contribution in [-0.4, -0.2) is 51.0 Å². The van der Waals surface area contributed by atoms with Gasteiger partial charge < -0.3 is 14.4 Å². The van der Waals surface area contributed by atoms with E-state index >= 15 is 0 Å². The molecule has 0 N–H and O–H groups in total. The lowest BCUT2D eigenvalue weighted by Crippen LogP contribution is -2.30. The van der Waals surface area contributed by atoms with E-state index in [4.69, 9.17) is 9.47 Å². The molecule has 1 aromatic carbocycles. The molecule has 0 spiro atoms. The van der Waals surface area contributed by atoms with Crippen LogP contribution in [0.1, 0.15) is 5.56 Å². The molecule has 0 aromatic heterocycles. The molecule has 1 amide bonds. The number of carbonyl (C=O) groups excluding carboxylic acids is 1. The van der Waals surface area contributed by atoms with E-state index in [-0.39, 0.29) is 12.5 Å². The van der Waals surface area contributed by atoms with Gasteiger partial charge in [-0.1, -0.05) is 12.1 Å². The molecular formula is C14H21NO3S. The maximum Gasteiger partial charge on any atom is 0.248 e. The second-order valence-corrected chi connectivity index (χ2v) is 5.02. The summed E-state index contributed by atoms with van der Waals surface area (Å²) in [5, 5.41) is 0. The number of methoxy groups -OCH3 is 1. The zero-order valence-electron chi connectivity index (χ0n) is 11.7. The van der Waals surface area contributed by atoms with Crippen LogP contribution in [0.5, 0.6) is 0 Å². The van der Waals surface area contributed by atoms with Gasteiger partial charge in [-0.3, -0.25) is 4.79 Å². The number of amides is 1. The summed E-state index contributed by atoms with van der Waals surface area (Å²) in [6, 6.07) is 8.21. The number of thioether (sulfide) groups is 1. The van der Waals surface area contributed by atoms with Crippen molar-refractivity contribution in [1.82, 2.24) is 4.90 Å². The van der Waals surface area contributed by atoms with E-state index in [1.165, 1.54) is 4.90 Å². The van der Waals surface area contributed by atoms with Gasteiger partial charge in [0.2, 0.25) is 5.91 Å². The third-order valence-corrected chi connectivity index (χ3v) is 3.41. The van der Waals surface area contributed by atoms with Crippen molar-refractivity contribution in [2.24, 2.45) is 0 Å². The highest BCUT2D eigenvalue weighted by atomic mass is 32.2. The molecule has 0 fully saturated rings. The molecule has 0 radical (unpaired) electrons. The van der Waals surface area contributed by atoms with Crippen LogP contribution in [0.3, 0.4) is 0 Å². The molecule has 106 valence electrons. The molecule has 1 rings (SSSR count). The molecule has 0 saturated heterocycles. The van der Waals surface area contributed by atoms with Crippen LogP contribution >= 0.6 is 11.8 Å². The summed E-state index contributed by atoms with van der Waals surface area (Å²) in [5.41, 5.74) is 1.12. The van der Waals surface area contributed by atoms with Crippen molar-refractivity contribution in [2.75, 3.05) is 40.2 Å². The van der Waals surface area contributed by atoms with Crippen molar-refractivity contribution >= 4 is 17.7 Å². The Morgan fingerprint density at radius 2 is 1.95 bits per heavy atom. The molecule has 0 bridgehead atoms. The summed E-state index contributed by atoms with van der Waals surface area (Å²) in [6.45, 7) is 1.65. The second-order valence-electron chi connectivity index (χ2n) is 4.14. The zero-order valence-corrected chi connectivity index (χ0v) is 12.5. The van der Waals surface area contributed by atoms with Gasteiger partial charge in [0.1, 0.15) is 6.61 Å². The van der Waals surface area contributed by atoms with Crippen LogP contribution in [-0.2, 0) is 20.8 Å². The van der Waals surface area contributed by atoms with Gasteiger partial charge in [-0.05, 0) is 24.0 Å². The quantitative estimate of drug-likeness (QED) is 0.540. The lowest BCUT2D eigenvalue weighted by Gasteiger charge is -2.17. The van der Waals surface area contributed by atoms with Crippen LogP contribution in [0.25, 0.3) is 0 Å². The lowest BCUT2D eigenvalue weighted by molar-refractivity contribution is -0.135. The lowest BCUT2D eigenvalue weighted by atomic mass is 10.2. The Hall–Kier alpha value is -1.04. The minimum atomic E-state index is -0.0231. The number of likely N-dealkylation sites (N-methyl/N-ethyl adjacent to an activating group) is 1. The Kier molecular flexibility index (Phi) is 7.55. The SMILES string of the molecule is COCCOCC(=O)N(C)Cc1ccc(SC)cc1. The maximum absolute atomic E-state index is 11.8. The van der Waals surface area contributed by atoms with Gasteiger partial charge in [0.25, 0.3) is 0 Å². The number of hydrogen-bond donors (Lipinski definition) is 0. The second kappa shape index (κ2) is 8.96. The van der Waals surface area contributed by atoms with Gasteiger partial charge in [-0.2, -0.15) is 0 Å². The van der Waals surface area contributed by atoms with E-state index in [0.29, 0.717) is 19.8 Å². The highest BCUT2D eigenvalue weighted by Crippen LogP contribution is 2.15. The fraction of sp³-hybridized carbons (Fsp3) is 0.500. The topological polar surface area (TPSA) is 38.8 Å². The van der Waals surface area contributed by atoms with Gasteiger partial charge in [0.05, 0.1) is 13.2 Å². The first-order valence-corrected chi connectivity index (χ1v) is 7.33. The van der Waals surface area contributed by atoms with E-state index in [2.05, 4.69) is 12.1 Å². The molecule has 0 saturated carbocycles. The Balaban J connectivity index is 2.35. The van der Waals surface area contributed by atoms with E-state index in [1.54, 1.807) is 30.8 Å². The number of ether oxygens (including phenoxy) is 2. The standard InChI is InChI=1S/C14H21NO3S/c1-15(14(16)11-18-9-8-17-2)10-12-4-6-13(19-3)7-5-12/h4-7H,8-11H2,1-3H3. The van der Waals surface area contributed by atoms with Crippen LogP contribution in [0.2, 0.25) is 0 Å². The molecule has 0 aliphatic heterocycles. The molecule has 1 aromatic rings. The van der Waals surface area contributed by atoms with Gasteiger partial charge in [0.15, 0.2) is 0 Å². The summed E-state index contributed by atoms with van der Waals surface area (Å²) in [5.74, 6) is -0.0231. The highest BCUT2D eigenvalue weighted by Gasteiger charge is 2.09. The Morgan fingerprint density at radius 1 is 1.26 bits per heavy atom. The molecule has 0 heterocycles. The van der Waals surface area contributed by atoms with E-state index in [0.717, 1.165) is 5.56 Å². The average Bonchev–Trinajstić information content (AvgIpc) is 2.44. The van der Waals surface area contributed by atoms with Crippen LogP contribution in [0.4, 0.5) is 0 Å². The predicted molar refractivity (Wildman–Crippen MR) is 77.4 cm³/mol. The number of benzene rings is 1. The van der Waals surface area contributed by atoms with Crippen molar-refractivity contribution in [3.63, 3.8) is 0 Å². The first-order valence-electron chi connectivity index (χ1n) is 6.11. The predicted octanol–water partition coefficient (Wildman–Crippen LogP) is 2.03. The van der Waals surface area contributed by atoms with Crippen molar-refractivity contribution in [3.05, 3.63) is 29.8 Å². The smallest absolute Gasteiger partial charge is 0.248 e. The minimum absolute atomic E-state index is 0.0231. The first kappa shape index (κ1) is 16.0. The van der Waals surface area contributed by atoms with E-state index in [9.17, 15) is 4.79 Å². The van der Waals surface area contributed by atoms with Gasteiger partial charge >= 0.3 is 0 Å². The molecule has 0 aliphatic rings. The average molecular weight is 283 g/mol. The largest absolute Gasteiger partial charge is 0.382 e. The summed E-state index contributed by atoms with van der Waals surface area (Å²) < 4.78 is 10.1. The summed E-state index contributed by atoms with van der Waals surface area (Å²) >= 11 is 1.71. The van der Waals surface area contributed by atoms with Crippen LogP contribution in [0.15, 0.2) is 29.2 Å². The van der Waals surface area contributed by atoms with Crippen molar-refractivity contribution in [3.8, 4) is 0 Å². The monoisotopic (exact) mass is 283 g/mol. The van der Waals surface area contributed by atoms with Gasteiger partial charge in [-0.15, -0.1) is 11.8 Å². The molecule has 19 heavy (non-hydrogen) atoms. The number of nitrogens with zero attached hydrogens (tertiary/aromatic N) is 1. The fourth-order valence-electron chi connectivity index (χ4n) is 1.50. The van der Waals surface area contributed by atoms with Gasteiger partial charge in [0, 0.05) is 25.6 Å². The van der Waals surface area contributed by atoms with Gasteiger partial charge in [-0.25, -0.2) is 0 Å². The normalized spacial score (nSPS) is 10.5. The Morgan fingerprint density at radius 3 is 2.53 bits per heavy atom. The van der Waals surface area contributed by atoms with E-state index < -0.39 is 0 Å². The number of rotatable bonds is 8. The summed E-state index contributed by atoms with van der Waals surface area (Å²) in [7, 11) is 3.39. The summed E-state index contributed by atoms with van der Waals surface area (Å²) in [6.07, 6.45) is 2.04. The maximum atomic E-state index is 11.8.